The number of halogens is 1. The molecule has 8 nitrogen and oxygen atoms in total. The van der Waals surface area contributed by atoms with Crippen molar-refractivity contribution in [3.8, 4) is 11.5 Å². The molecule has 0 aliphatic rings. The van der Waals surface area contributed by atoms with E-state index in [1.807, 2.05) is 30.3 Å². The topological polar surface area (TPSA) is 99.6 Å². The normalized spacial score (nSPS) is 12.9. The molecule has 1 aromatic heterocycles. The lowest BCUT2D eigenvalue weighted by atomic mass is 10.1. The van der Waals surface area contributed by atoms with Crippen LogP contribution < -0.4 is 9.47 Å². The Labute approximate surface area is 176 Å². The first kappa shape index (κ1) is 20.8. The molecule has 0 aliphatic heterocycles. The van der Waals surface area contributed by atoms with Gasteiger partial charge in [0.05, 0.1) is 6.54 Å². The number of rotatable bonds is 9. The molecule has 1 heterocycles. The molecule has 1 atom stereocenters. The number of aromatic nitrogens is 2. The minimum atomic E-state index is -1.26. The van der Waals surface area contributed by atoms with Crippen molar-refractivity contribution >= 4 is 21.7 Å². The number of benzene rings is 2. The highest BCUT2D eigenvalue weighted by atomic mass is 79.9. The number of hydrogen-bond acceptors (Lipinski definition) is 6. The summed E-state index contributed by atoms with van der Waals surface area (Å²) >= 11 is 3.16. The third-order valence-corrected chi connectivity index (χ3v) is 4.67. The smallest absolute Gasteiger partial charge is 0.382 e. The van der Waals surface area contributed by atoms with Gasteiger partial charge in [-0.1, -0.05) is 30.3 Å². The van der Waals surface area contributed by atoms with Gasteiger partial charge in [-0.3, -0.25) is 4.57 Å². The van der Waals surface area contributed by atoms with Crippen molar-refractivity contribution in [1.29, 1.82) is 0 Å². The maximum Gasteiger partial charge on any atom is 0.382 e. The molecule has 0 radical (unpaired) electrons. The minimum absolute atomic E-state index is 0.00433. The van der Waals surface area contributed by atoms with Gasteiger partial charge in [0.1, 0.15) is 36.5 Å². The van der Waals surface area contributed by atoms with Gasteiger partial charge in [0.15, 0.2) is 0 Å². The highest BCUT2D eigenvalue weighted by molar-refractivity contribution is 9.10. The summed E-state index contributed by atoms with van der Waals surface area (Å²) in [6, 6.07) is 17.0. The third kappa shape index (κ3) is 6.03. The summed E-state index contributed by atoms with van der Waals surface area (Å²) in [4.78, 5) is 14.0. The van der Waals surface area contributed by atoms with Crippen molar-refractivity contribution in [2.45, 2.75) is 25.7 Å². The van der Waals surface area contributed by atoms with Crippen LogP contribution in [-0.4, -0.2) is 31.8 Å². The van der Waals surface area contributed by atoms with Gasteiger partial charge in [-0.2, -0.15) is 0 Å². The monoisotopic (exact) mass is 461 g/mol. The van der Waals surface area contributed by atoms with Crippen LogP contribution in [0.3, 0.4) is 0 Å². The lowest BCUT2D eigenvalue weighted by Crippen LogP contribution is -2.37. The molecule has 1 unspecified atom stereocenters. The van der Waals surface area contributed by atoms with Crippen molar-refractivity contribution < 1.29 is 19.5 Å². The molecule has 0 bridgehead atoms. The number of nitro groups is 1. The Kier molecular flexibility index (Phi) is 6.50. The molecule has 1 N–H and O–H groups in total. The Morgan fingerprint density at radius 1 is 1.14 bits per heavy atom. The van der Waals surface area contributed by atoms with Gasteiger partial charge in [0.25, 0.3) is 4.73 Å². The zero-order chi connectivity index (χ0) is 20.9. The van der Waals surface area contributed by atoms with Crippen LogP contribution in [0.2, 0.25) is 0 Å². The quantitative estimate of drug-likeness (QED) is 0.382. The number of imidazole rings is 1. The fraction of sp³-hybridized carbons (Fsp3) is 0.250. The molecule has 152 valence electrons. The summed E-state index contributed by atoms with van der Waals surface area (Å²) in [7, 11) is 0. The summed E-state index contributed by atoms with van der Waals surface area (Å²) < 4.78 is 13.1. The van der Waals surface area contributed by atoms with E-state index >= 15 is 0 Å². The third-order valence-electron chi connectivity index (χ3n) is 4.03. The van der Waals surface area contributed by atoms with Crippen molar-refractivity contribution in [2.75, 3.05) is 6.61 Å². The predicted molar refractivity (Wildman–Crippen MR) is 110 cm³/mol. The molecule has 0 amide bonds. The first-order valence-corrected chi connectivity index (χ1v) is 9.61. The summed E-state index contributed by atoms with van der Waals surface area (Å²) in [5.41, 5.74) is -0.186. The highest BCUT2D eigenvalue weighted by Crippen LogP contribution is 2.22. The fourth-order valence-electron chi connectivity index (χ4n) is 2.60. The van der Waals surface area contributed by atoms with E-state index in [4.69, 9.17) is 9.47 Å². The molecule has 2 aromatic carbocycles. The van der Waals surface area contributed by atoms with Gasteiger partial charge < -0.3 is 24.7 Å². The van der Waals surface area contributed by atoms with Crippen LogP contribution in [0.25, 0.3) is 0 Å². The molecule has 0 saturated heterocycles. The molecule has 3 aromatic rings. The highest BCUT2D eigenvalue weighted by Gasteiger charge is 2.26. The molecule has 0 fully saturated rings. The van der Waals surface area contributed by atoms with E-state index in [1.54, 1.807) is 31.2 Å². The van der Waals surface area contributed by atoms with Crippen LogP contribution in [-0.2, 0) is 13.2 Å². The number of ether oxygens (including phenoxy) is 2. The molecule has 0 saturated carbocycles. The van der Waals surface area contributed by atoms with Crippen molar-refractivity contribution in [3.63, 3.8) is 0 Å². The van der Waals surface area contributed by atoms with Gasteiger partial charge in [-0.25, -0.2) is 0 Å². The largest absolute Gasteiger partial charge is 0.491 e. The first-order valence-electron chi connectivity index (χ1n) is 8.81. The molecule has 0 spiro atoms. The van der Waals surface area contributed by atoms with Crippen LogP contribution in [0.15, 0.2) is 65.5 Å². The van der Waals surface area contributed by atoms with E-state index in [9.17, 15) is 15.2 Å². The van der Waals surface area contributed by atoms with Crippen LogP contribution in [0, 0.1) is 10.1 Å². The van der Waals surface area contributed by atoms with Crippen LogP contribution >= 0.6 is 15.9 Å². The van der Waals surface area contributed by atoms with E-state index in [1.165, 1.54) is 10.8 Å². The second-order valence-electron chi connectivity index (χ2n) is 6.78. The summed E-state index contributed by atoms with van der Waals surface area (Å²) in [5, 5.41) is 21.4. The average molecular weight is 462 g/mol. The Balaban J connectivity index is 1.52. The van der Waals surface area contributed by atoms with Gasteiger partial charge >= 0.3 is 5.82 Å². The minimum Gasteiger partial charge on any atom is -0.491 e. The fourth-order valence-corrected chi connectivity index (χ4v) is 3.01. The Morgan fingerprint density at radius 2 is 1.76 bits per heavy atom. The Morgan fingerprint density at radius 3 is 2.34 bits per heavy atom. The van der Waals surface area contributed by atoms with Crippen molar-refractivity contribution in [1.82, 2.24) is 9.55 Å². The average Bonchev–Trinajstić information content (AvgIpc) is 3.06. The number of aliphatic hydroxyl groups is 1. The molecule has 9 heteroatoms. The van der Waals surface area contributed by atoms with Gasteiger partial charge in [0.2, 0.25) is 0 Å². The van der Waals surface area contributed by atoms with Crippen molar-refractivity contribution in [2.24, 2.45) is 0 Å². The first-order chi connectivity index (χ1) is 13.8. The van der Waals surface area contributed by atoms with Crippen LogP contribution in [0.4, 0.5) is 5.82 Å². The second-order valence-corrected chi connectivity index (χ2v) is 7.49. The predicted octanol–water partition coefficient (Wildman–Crippen LogP) is 3.96. The SMILES string of the molecule is CC(O)(COc1ccc(OCc2ccccc2)cc1)Cn1cc([N+](=O)[O-])nc1Br. The zero-order valence-electron chi connectivity index (χ0n) is 15.7. The van der Waals surface area contributed by atoms with E-state index in [2.05, 4.69) is 20.9 Å². The second kappa shape index (κ2) is 9.06. The zero-order valence-corrected chi connectivity index (χ0v) is 17.3. The van der Waals surface area contributed by atoms with Crippen LogP contribution in [0.5, 0.6) is 11.5 Å². The van der Waals surface area contributed by atoms with E-state index in [0.717, 1.165) is 5.56 Å². The number of hydrogen-bond donors (Lipinski definition) is 1. The van der Waals surface area contributed by atoms with E-state index in [-0.39, 0.29) is 23.7 Å². The number of nitrogens with zero attached hydrogens (tertiary/aromatic N) is 3. The lowest BCUT2D eigenvalue weighted by molar-refractivity contribution is -0.389. The molecule has 29 heavy (non-hydrogen) atoms. The standard InChI is InChI=1S/C20H20BrN3O5/c1-20(25,13-23-11-18(24(26)27)22-19(23)21)14-29-17-9-7-16(8-10-17)28-12-15-5-3-2-4-6-15/h2-11,25H,12-14H2,1H3. The lowest BCUT2D eigenvalue weighted by Gasteiger charge is -2.23. The van der Waals surface area contributed by atoms with Gasteiger partial charge in [-0.05, 0) is 46.7 Å². The molecule has 3 rings (SSSR count). The van der Waals surface area contributed by atoms with Crippen LogP contribution in [0.1, 0.15) is 12.5 Å². The maximum atomic E-state index is 10.8. The molecular weight excluding hydrogens is 442 g/mol. The van der Waals surface area contributed by atoms with E-state index in [0.29, 0.717) is 18.1 Å². The molecule has 0 aliphatic carbocycles. The van der Waals surface area contributed by atoms with E-state index < -0.39 is 10.5 Å². The van der Waals surface area contributed by atoms with Gasteiger partial charge in [0, 0.05) is 15.9 Å². The summed E-state index contributed by atoms with van der Waals surface area (Å²) in [5.74, 6) is 0.996. The summed E-state index contributed by atoms with van der Waals surface area (Å²) in [6.07, 6.45) is 1.26. The maximum absolute atomic E-state index is 10.8. The van der Waals surface area contributed by atoms with Gasteiger partial charge in [-0.15, -0.1) is 0 Å². The molecular formula is C20H20BrN3O5. The Bertz CT molecular complexity index is 958. The van der Waals surface area contributed by atoms with Crippen molar-refractivity contribution in [3.05, 3.63) is 81.2 Å². The summed E-state index contributed by atoms with van der Waals surface area (Å²) in [6.45, 7) is 2.13. The Hall–Kier alpha value is -2.91.